The van der Waals surface area contributed by atoms with Crippen LogP contribution in [0.5, 0.6) is 0 Å². The number of benzene rings is 2. The molecule has 0 radical (unpaired) electrons. The van der Waals surface area contributed by atoms with Crippen LogP contribution in [0.1, 0.15) is 16.7 Å². The summed E-state index contributed by atoms with van der Waals surface area (Å²) in [5.74, 6) is -0.529. The number of sulfonamides is 1. The van der Waals surface area contributed by atoms with E-state index >= 15 is 0 Å². The van der Waals surface area contributed by atoms with Crippen LogP contribution in [0.2, 0.25) is 0 Å². The maximum absolute atomic E-state index is 12.1. The van der Waals surface area contributed by atoms with Crippen molar-refractivity contribution in [2.45, 2.75) is 11.4 Å². The molecule has 8 nitrogen and oxygen atoms in total. The molecule has 0 spiro atoms. The van der Waals surface area contributed by atoms with Gasteiger partial charge in [0, 0.05) is 41.1 Å². The molecule has 2 aromatic carbocycles. The average Bonchev–Trinajstić information content (AvgIpc) is 3.19. The Morgan fingerprint density at radius 2 is 1.78 bits per heavy atom. The van der Waals surface area contributed by atoms with Crippen molar-refractivity contribution in [2.24, 2.45) is 10.9 Å². The smallest absolute Gasteiger partial charge is 0.249 e. The highest BCUT2D eigenvalue weighted by molar-refractivity contribution is 7.89. The highest BCUT2D eigenvalue weighted by Crippen LogP contribution is 2.29. The summed E-state index contributed by atoms with van der Waals surface area (Å²) in [5, 5.41) is 9.30. The lowest BCUT2D eigenvalue weighted by Crippen LogP contribution is -2.12. The molecule has 0 saturated carbocycles. The molecule has 2 aromatic heterocycles. The quantitative estimate of drug-likeness (QED) is 0.322. The summed E-state index contributed by atoms with van der Waals surface area (Å²) in [7, 11) is -3.73. The summed E-state index contributed by atoms with van der Waals surface area (Å²) in [5.41, 5.74) is 9.85. The zero-order chi connectivity index (χ0) is 22.7. The zero-order valence-corrected chi connectivity index (χ0v) is 17.8. The number of carbonyl (C=O) groups is 1. The third-order valence-corrected chi connectivity index (χ3v) is 5.92. The number of nitrogens with zero attached hydrogens (tertiary/aromatic N) is 1. The SMILES string of the molecule is NC(=O)C(=Cc1c[nH]c2nccc(NCc3ccc(S(N)(=O)=O)cc3)c12)c1ccccc1. The number of aromatic amines is 1. The Morgan fingerprint density at radius 1 is 1.06 bits per heavy atom. The van der Waals surface area contributed by atoms with Crippen LogP contribution >= 0.6 is 0 Å². The van der Waals surface area contributed by atoms with Gasteiger partial charge in [0.25, 0.3) is 0 Å². The minimum atomic E-state index is -3.73. The molecule has 1 amide bonds. The standard InChI is InChI=1S/C23H21N5O3S/c24-22(29)19(16-4-2-1-3-5-16)12-17-14-28-23-21(17)20(10-11-26-23)27-13-15-6-8-18(9-7-15)32(25,30)31/h1-12,14H,13H2,(H2,24,29)(H2,25,30,31)(H2,26,27,28). The molecule has 0 aliphatic carbocycles. The van der Waals surface area contributed by atoms with Gasteiger partial charge in [-0.15, -0.1) is 0 Å². The maximum atomic E-state index is 12.1. The summed E-state index contributed by atoms with van der Waals surface area (Å²) in [6.45, 7) is 0.444. The first-order valence-corrected chi connectivity index (χ1v) is 11.3. The summed E-state index contributed by atoms with van der Waals surface area (Å²) >= 11 is 0. The second-order valence-corrected chi connectivity index (χ2v) is 8.72. The number of aromatic nitrogens is 2. The molecule has 0 saturated heterocycles. The molecule has 6 N–H and O–H groups in total. The molecule has 4 rings (SSSR count). The van der Waals surface area contributed by atoms with Crippen molar-refractivity contribution in [1.29, 1.82) is 0 Å². The molecule has 162 valence electrons. The van der Waals surface area contributed by atoms with Crippen LogP contribution in [0, 0.1) is 0 Å². The molecule has 0 fully saturated rings. The van der Waals surface area contributed by atoms with E-state index in [2.05, 4.69) is 15.3 Å². The van der Waals surface area contributed by atoms with Crippen molar-refractivity contribution in [2.75, 3.05) is 5.32 Å². The van der Waals surface area contributed by atoms with Gasteiger partial charge in [0.15, 0.2) is 0 Å². The fourth-order valence-corrected chi connectivity index (χ4v) is 3.92. The first-order chi connectivity index (χ1) is 15.3. The van der Waals surface area contributed by atoms with E-state index in [4.69, 9.17) is 10.9 Å². The number of hydrogen-bond acceptors (Lipinski definition) is 5. The zero-order valence-electron chi connectivity index (χ0n) is 16.9. The molecule has 0 aliphatic heterocycles. The monoisotopic (exact) mass is 447 g/mol. The van der Waals surface area contributed by atoms with Crippen molar-refractivity contribution in [3.05, 3.63) is 89.7 Å². The number of pyridine rings is 1. The molecule has 0 bridgehead atoms. The van der Waals surface area contributed by atoms with Gasteiger partial charge in [0.2, 0.25) is 15.9 Å². The van der Waals surface area contributed by atoms with Gasteiger partial charge >= 0.3 is 0 Å². The summed E-state index contributed by atoms with van der Waals surface area (Å²) in [6.07, 6.45) is 5.19. The van der Waals surface area contributed by atoms with Crippen LogP contribution in [0.15, 0.2) is 78.0 Å². The summed E-state index contributed by atoms with van der Waals surface area (Å²) in [6, 6.07) is 17.4. The molecule has 0 atom stereocenters. The Labute approximate surface area is 185 Å². The van der Waals surface area contributed by atoms with Crippen molar-refractivity contribution in [3.63, 3.8) is 0 Å². The Morgan fingerprint density at radius 3 is 2.44 bits per heavy atom. The normalized spacial score (nSPS) is 12.1. The van der Waals surface area contributed by atoms with Gasteiger partial charge in [-0.05, 0) is 35.4 Å². The van der Waals surface area contributed by atoms with E-state index in [9.17, 15) is 13.2 Å². The Balaban J connectivity index is 1.67. The van der Waals surface area contributed by atoms with Crippen LogP contribution in [0.3, 0.4) is 0 Å². The highest BCUT2D eigenvalue weighted by Gasteiger charge is 2.13. The highest BCUT2D eigenvalue weighted by atomic mass is 32.2. The van der Waals surface area contributed by atoms with Gasteiger partial charge < -0.3 is 16.0 Å². The van der Waals surface area contributed by atoms with Gasteiger partial charge in [-0.2, -0.15) is 0 Å². The predicted molar refractivity (Wildman–Crippen MR) is 125 cm³/mol. The van der Waals surface area contributed by atoms with Gasteiger partial charge in [-0.1, -0.05) is 42.5 Å². The molecule has 0 aliphatic rings. The number of nitrogens with two attached hydrogens (primary N) is 2. The molecular formula is C23H21N5O3S. The van der Waals surface area contributed by atoms with Crippen molar-refractivity contribution in [3.8, 4) is 0 Å². The summed E-state index contributed by atoms with van der Waals surface area (Å²) in [4.78, 5) is 19.7. The fraction of sp³-hybridized carbons (Fsp3) is 0.0435. The van der Waals surface area contributed by atoms with Crippen molar-refractivity contribution >= 4 is 44.3 Å². The number of hydrogen-bond donors (Lipinski definition) is 4. The first kappa shape index (κ1) is 21.3. The fourth-order valence-electron chi connectivity index (χ4n) is 3.41. The van der Waals surface area contributed by atoms with Gasteiger partial charge in [0.05, 0.1) is 4.90 Å². The number of primary amides is 1. The van der Waals surface area contributed by atoms with Crippen molar-refractivity contribution < 1.29 is 13.2 Å². The molecule has 9 heteroatoms. The Kier molecular flexibility index (Phi) is 5.76. The second kappa shape index (κ2) is 8.66. The second-order valence-electron chi connectivity index (χ2n) is 7.16. The van der Waals surface area contributed by atoms with Gasteiger partial charge in [-0.25, -0.2) is 18.5 Å². The minimum Gasteiger partial charge on any atom is -0.380 e. The van der Waals surface area contributed by atoms with E-state index in [0.29, 0.717) is 17.8 Å². The Hall–Kier alpha value is -3.95. The Bertz CT molecular complexity index is 1410. The summed E-state index contributed by atoms with van der Waals surface area (Å²) < 4.78 is 22.9. The molecule has 0 unspecified atom stereocenters. The molecule has 32 heavy (non-hydrogen) atoms. The third-order valence-electron chi connectivity index (χ3n) is 4.99. The number of H-pyrrole nitrogens is 1. The van der Waals surface area contributed by atoms with Gasteiger partial charge in [-0.3, -0.25) is 4.79 Å². The van der Waals surface area contributed by atoms with Gasteiger partial charge in [0.1, 0.15) is 5.65 Å². The maximum Gasteiger partial charge on any atom is 0.249 e. The first-order valence-electron chi connectivity index (χ1n) is 9.71. The number of fused-ring (bicyclic) bond motifs is 1. The van der Waals surface area contributed by atoms with E-state index in [1.54, 1.807) is 30.6 Å². The number of anilines is 1. The minimum absolute atomic E-state index is 0.0607. The molecule has 2 heterocycles. The number of rotatable bonds is 7. The van der Waals surface area contributed by atoms with Crippen LogP contribution in [0.25, 0.3) is 22.7 Å². The van der Waals surface area contributed by atoms with Crippen LogP contribution in [-0.2, 0) is 21.4 Å². The van der Waals surface area contributed by atoms with E-state index in [1.165, 1.54) is 12.1 Å². The van der Waals surface area contributed by atoms with Crippen molar-refractivity contribution in [1.82, 2.24) is 9.97 Å². The van der Waals surface area contributed by atoms with E-state index in [1.807, 2.05) is 36.4 Å². The topological polar surface area (TPSA) is 144 Å². The van der Waals surface area contributed by atoms with Crippen LogP contribution in [-0.4, -0.2) is 24.3 Å². The van der Waals surface area contributed by atoms with E-state index < -0.39 is 15.9 Å². The number of amides is 1. The number of carbonyl (C=O) groups excluding carboxylic acids is 1. The third kappa shape index (κ3) is 4.53. The van der Waals surface area contributed by atoms with Crippen LogP contribution in [0.4, 0.5) is 5.69 Å². The molecular weight excluding hydrogens is 426 g/mol. The number of nitrogens with one attached hydrogen (secondary N) is 2. The lowest BCUT2D eigenvalue weighted by Gasteiger charge is -2.10. The van der Waals surface area contributed by atoms with Crippen LogP contribution < -0.4 is 16.2 Å². The average molecular weight is 448 g/mol. The predicted octanol–water partition coefficient (Wildman–Crippen LogP) is 2.85. The van der Waals surface area contributed by atoms with E-state index in [-0.39, 0.29) is 4.90 Å². The molecule has 4 aromatic rings. The number of primary sulfonamides is 1. The van der Waals surface area contributed by atoms with E-state index in [0.717, 1.165) is 27.8 Å². The lowest BCUT2D eigenvalue weighted by atomic mass is 10.0. The largest absolute Gasteiger partial charge is 0.380 e. The lowest BCUT2D eigenvalue weighted by molar-refractivity contribution is -0.112.